The van der Waals surface area contributed by atoms with Crippen LogP contribution >= 0.6 is 0 Å². The predicted octanol–water partition coefficient (Wildman–Crippen LogP) is 1.67. The molecule has 1 saturated carbocycles. The standard InChI is InChI=1S/C19H24N2O4/c22-19(20-14-2-3-14)7-15-6-13-9-21(10-18(13)25-15)8-12-1-4-16-17(5-12)24-11-23-16/h1,4-5,13-15,18H,2-3,6-11H2,(H,20,22)/t13-,15+,18+/m1/s1. The molecule has 1 N–H and O–H groups in total. The number of amides is 1. The van der Waals surface area contributed by atoms with E-state index in [1.54, 1.807) is 0 Å². The smallest absolute Gasteiger partial charge is 0.231 e. The van der Waals surface area contributed by atoms with Gasteiger partial charge in [-0.2, -0.15) is 0 Å². The van der Waals surface area contributed by atoms with Gasteiger partial charge < -0.3 is 19.5 Å². The first-order chi connectivity index (χ1) is 12.2. The number of nitrogens with zero attached hydrogens (tertiary/aromatic N) is 1. The summed E-state index contributed by atoms with van der Waals surface area (Å²) in [6.07, 6.45) is 4.16. The molecule has 1 aromatic rings. The van der Waals surface area contributed by atoms with Gasteiger partial charge in [-0.1, -0.05) is 6.07 Å². The topological polar surface area (TPSA) is 60.0 Å². The van der Waals surface area contributed by atoms with Gasteiger partial charge in [0.25, 0.3) is 0 Å². The van der Waals surface area contributed by atoms with Gasteiger partial charge in [0.05, 0.1) is 18.6 Å². The third-order valence-electron chi connectivity index (χ3n) is 5.59. The minimum Gasteiger partial charge on any atom is -0.454 e. The van der Waals surface area contributed by atoms with Crippen molar-refractivity contribution in [1.29, 1.82) is 0 Å². The lowest BCUT2D eigenvalue weighted by atomic mass is 10.0. The van der Waals surface area contributed by atoms with Crippen molar-refractivity contribution in [1.82, 2.24) is 10.2 Å². The van der Waals surface area contributed by atoms with Crippen molar-refractivity contribution in [3.05, 3.63) is 23.8 Å². The number of hydrogen-bond acceptors (Lipinski definition) is 5. The second-order valence-corrected chi connectivity index (χ2v) is 7.72. The van der Waals surface area contributed by atoms with Crippen LogP contribution in [0.15, 0.2) is 18.2 Å². The SMILES string of the molecule is O=C(C[C@@H]1C[C@@H]2CN(Cc3ccc4c(c3)OCO4)C[C@@H]2O1)NC1CC1. The van der Waals surface area contributed by atoms with Gasteiger partial charge in [0.1, 0.15) is 0 Å². The number of ether oxygens (including phenoxy) is 3. The Morgan fingerprint density at radius 1 is 1.20 bits per heavy atom. The van der Waals surface area contributed by atoms with Crippen molar-refractivity contribution >= 4 is 5.91 Å². The van der Waals surface area contributed by atoms with Crippen molar-refractivity contribution in [3.63, 3.8) is 0 Å². The van der Waals surface area contributed by atoms with E-state index in [2.05, 4.69) is 22.3 Å². The number of benzene rings is 1. The lowest BCUT2D eigenvalue weighted by Gasteiger charge is -2.19. The molecule has 6 nitrogen and oxygen atoms in total. The first kappa shape index (κ1) is 15.5. The molecule has 3 atom stereocenters. The van der Waals surface area contributed by atoms with E-state index in [0.717, 1.165) is 50.4 Å². The lowest BCUT2D eigenvalue weighted by Crippen LogP contribution is -2.30. The predicted molar refractivity (Wildman–Crippen MR) is 90.4 cm³/mol. The molecule has 0 unspecified atom stereocenters. The summed E-state index contributed by atoms with van der Waals surface area (Å²) in [5.74, 6) is 2.38. The number of rotatable bonds is 5. The molecule has 4 aliphatic rings. The average Bonchev–Trinajstić information content (AvgIpc) is 2.98. The quantitative estimate of drug-likeness (QED) is 0.881. The van der Waals surface area contributed by atoms with Crippen molar-refractivity contribution in [2.24, 2.45) is 5.92 Å². The maximum Gasteiger partial charge on any atom is 0.231 e. The highest BCUT2D eigenvalue weighted by molar-refractivity contribution is 5.77. The highest BCUT2D eigenvalue weighted by atomic mass is 16.7. The van der Waals surface area contributed by atoms with Gasteiger partial charge in [0.2, 0.25) is 12.7 Å². The van der Waals surface area contributed by atoms with Gasteiger partial charge in [-0.3, -0.25) is 9.69 Å². The van der Waals surface area contributed by atoms with E-state index >= 15 is 0 Å². The van der Waals surface area contributed by atoms with Crippen LogP contribution in [-0.4, -0.2) is 48.9 Å². The van der Waals surface area contributed by atoms with Gasteiger partial charge in [0, 0.05) is 31.6 Å². The van der Waals surface area contributed by atoms with E-state index in [1.807, 2.05) is 6.07 Å². The molecule has 0 bridgehead atoms. The normalized spacial score (nSPS) is 30.5. The molecule has 3 fully saturated rings. The van der Waals surface area contributed by atoms with Gasteiger partial charge in [-0.05, 0) is 37.0 Å². The van der Waals surface area contributed by atoms with Crippen LogP contribution in [-0.2, 0) is 16.1 Å². The van der Waals surface area contributed by atoms with Crippen molar-refractivity contribution in [2.45, 2.75) is 50.5 Å². The van der Waals surface area contributed by atoms with E-state index in [1.165, 1.54) is 5.56 Å². The summed E-state index contributed by atoms with van der Waals surface area (Å²) in [4.78, 5) is 14.4. The molecule has 0 aromatic heterocycles. The van der Waals surface area contributed by atoms with Crippen LogP contribution in [0, 0.1) is 5.92 Å². The highest BCUT2D eigenvalue weighted by Gasteiger charge is 2.42. The fourth-order valence-corrected chi connectivity index (χ4v) is 4.23. The Kier molecular flexibility index (Phi) is 3.82. The molecule has 0 radical (unpaired) electrons. The van der Waals surface area contributed by atoms with E-state index in [0.29, 0.717) is 25.2 Å². The van der Waals surface area contributed by atoms with Crippen molar-refractivity contribution < 1.29 is 19.0 Å². The first-order valence-electron chi connectivity index (χ1n) is 9.28. The molecule has 3 heterocycles. The summed E-state index contributed by atoms with van der Waals surface area (Å²) in [7, 11) is 0. The van der Waals surface area contributed by atoms with Gasteiger partial charge in [-0.15, -0.1) is 0 Å². The van der Waals surface area contributed by atoms with Crippen LogP contribution in [0.3, 0.4) is 0 Å². The van der Waals surface area contributed by atoms with Gasteiger partial charge >= 0.3 is 0 Å². The largest absolute Gasteiger partial charge is 0.454 e. The first-order valence-corrected chi connectivity index (χ1v) is 9.28. The molecule has 25 heavy (non-hydrogen) atoms. The molecular weight excluding hydrogens is 320 g/mol. The Bertz CT molecular complexity index is 661. The molecule has 2 saturated heterocycles. The van der Waals surface area contributed by atoms with Crippen LogP contribution in [0.4, 0.5) is 0 Å². The molecule has 1 aliphatic carbocycles. The number of nitrogens with one attached hydrogen (secondary N) is 1. The van der Waals surface area contributed by atoms with Crippen LogP contribution in [0.5, 0.6) is 11.5 Å². The highest BCUT2D eigenvalue weighted by Crippen LogP contribution is 2.36. The summed E-state index contributed by atoms with van der Waals surface area (Å²) < 4.78 is 17.0. The van der Waals surface area contributed by atoms with Crippen molar-refractivity contribution in [3.8, 4) is 11.5 Å². The van der Waals surface area contributed by atoms with E-state index in [-0.39, 0.29) is 18.1 Å². The number of carbonyl (C=O) groups is 1. The molecule has 5 rings (SSSR count). The number of carbonyl (C=O) groups excluding carboxylic acids is 1. The molecule has 6 heteroatoms. The van der Waals surface area contributed by atoms with Crippen molar-refractivity contribution in [2.75, 3.05) is 19.9 Å². The Labute approximate surface area is 147 Å². The van der Waals surface area contributed by atoms with Gasteiger partial charge in [-0.25, -0.2) is 0 Å². The van der Waals surface area contributed by atoms with E-state index in [4.69, 9.17) is 14.2 Å². The summed E-state index contributed by atoms with van der Waals surface area (Å²) in [5, 5.41) is 3.06. The third-order valence-corrected chi connectivity index (χ3v) is 5.59. The molecule has 1 amide bonds. The second kappa shape index (κ2) is 6.18. The lowest BCUT2D eigenvalue weighted by molar-refractivity contribution is -0.123. The minimum atomic E-state index is 0.0986. The van der Waals surface area contributed by atoms with Gasteiger partial charge in [0.15, 0.2) is 11.5 Å². The Balaban J connectivity index is 1.12. The van der Waals surface area contributed by atoms with Crippen LogP contribution < -0.4 is 14.8 Å². The fourth-order valence-electron chi connectivity index (χ4n) is 4.23. The van der Waals surface area contributed by atoms with E-state index in [9.17, 15) is 4.79 Å². The maximum absolute atomic E-state index is 11.9. The number of hydrogen-bond donors (Lipinski definition) is 1. The molecule has 0 spiro atoms. The van der Waals surface area contributed by atoms with E-state index < -0.39 is 0 Å². The van der Waals surface area contributed by atoms with Crippen LogP contribution in [0.25, 0.3) is 0 Å². The summed E-state index contributed by atoms with van der Waals surface area (Å²) in [6, 6.07) is 6.60. The summed E-state index contributed by atoms with van der Waals surface area (Å²) in [5.41, 5.74) is 1.24. The maximum atomic E-state index is 11.9. The molecule has 134 valence electrons. The zero-order chi connectivity index (χ0) is 16.8. The van der Waals surface area contributed by atoms with Crippen LogP contribution in [0.2, 0.25) is 0 Å². The second-order valence-electron chi connectivity index (χ2n) is 7.72. The molecular formula is C19H24N2O4. The zero-order valence-corrected chi connectivity index (χ0v) is 14.3. The Morgan fingerprint density at radius 3 is 2.92 bits per heavy atom. The third kappa shape index (κ3) is 3.33. The number of likely N-dealkylation sites (tertiary alicyclic amines) is 1. The average molecular weight is 344 g/mol. The zero-order valence-electron chi connectivity index (χ0n) is 14.3. The Morgan fingerprint density at radius 2 is 2.08 bits per heavy atom. The fraction of sp³-hybridized carbons (Fsp3) is 0.632. The molecule has 1 aromatic carbocycles. The Hall–Kier alpha value is -1.79. The monoisotopic (exact) mass is 344 g/mol. The summed E-state index contributed by atoms with van der Waals surface area (Å²) >= 11 is 0. The van der Waals surface area contributed by atoms with Crippen LogP contribution in [0.1, 0.15) is 31.2 Å². The molecule has 3 aliphatic heterocycles. The summed E-state index contributed by atoms with van der Waals surface area (Å²) in [6.45, 7) is 3.20. The number of fused-ring (bicyclic) bond motifs is 2. The minimum absolute atomic E-state index is 0.0986.